The maximum Gasteiger partial charge on any atom is 0.305 e. The van der Waals surface area contributed by atoms with Crippen LogP contribution < -0.4 is 5.32 Å². The van der Waals surface area contributed by atoms with Crippen LogP contribution in [0.4, 0.5) is 0 Å². The van der Waals surface area contributed by atoms with Crippen LogP contribution >= 0.6 is 0 Å². The Morgan fingerprint density at radius 1 is 0.459 bits per heavy atom. The lowest BCUT2D eigenvalue weighted by Crippen LogP contribution is -2.45. The molecule has 0 aliphatic carbocycles. The molecular weight excluding hydrogens is 755 g/mol. The Bertz CT molecular complexity index is 951. The van der Waals surface area contributed by atoms with E-state index in [4.69, 9.17) is 4.74 Å². The van der Waals surface area contributed by atoms with Crippen molar-refractivity contribution in [3.63, 3.8) is 0 Å². The Kier molecular flexibility index (Phi) is 49.6. The lowest BCUT2D eigenvalue weighted by atomic mass is 10.0. The van der Waals surface area contributed by atoms with Crippen LogP contribution in [0.2, 0.25) is 0 Å². The van der Waals surface area contributed by atoms with E-state index in [0.29, 0.717) is 25.9 Å². The van der Waals surface area contributed by atoms with Gasteiger partial charge in [-0.3, -0.25) is 9.59 Å². The van der Waals surface area contributed by atoms with Gasteiger partial charge >= 0.3 is 5.97 Å². The second-order valence-electron chi connectivity index (χ2n) is 18.6. The first-order chi connectivity index (χ1) is 30.0. The number of rotatable bonds is 50. The van der Waals surface area contributed by atoms with Crippen LogP contribution in [0.15, 0.2) is 24.3 Å². The predicted molar refractivity (Wildman–Crippen MR) is 264 cm³/mol. The van der Waals surface area contributed by atoms with Crippen molar-refractivity contribution in [1.82, 2.24) is 5.32 Å². The number of aliphatic hydroxyl groups is 2. The van der Waals surface area contributed by atoms with Gasteiger partial charge in [0, 0.05) is 12.8 Å². The molecular formula is C55H105NO5. The molecule has 0 aliphatic heterocycles. The molecule has 2 unspecified atom stereocenters. The normalized spacial score (nSPS) is 12.8. The number of carbonyl (C=O) groups excluding carboxylic acids is 2. The first kappa shape index (κ1) is 59.3. The van der Waals surface area contributed by atoms with Gasteiger partial charge in [-0.1, -0.05) is 244 Å². The van der Waals surface area contributed by atoms with Gasteiger partial charge in [0.05, 0.1) is 25.4 Å². The van der Waals surface area contributed by atoms with Crippen LogP contribution in [0.1, 0.15) is 290 Å². The molecule has 2 atom stereocenters. The fourth-order valence-corrected chi connectivity index (χ4v) is 8.32. The lowest BCUT2D eigenvalue weighted by Gasteiger charge is -2.22. The van der Waals surface area contributed by atoms with E-state index < -0.39 is 12.1 Å². The molecule has 0 saturated carbocycles. The number of nitrogens with one attached hydrogen (secondary N) is 1. The van der Waals surface area contributed by atoms with Gasteiger partial charge in [-0.15, -0.1) is 0 Å². The highest BCUT2D eigenvalue weighted by molar-refractivity contribution is 5.76. The maximum absolute atomic E-state index is 12.4. The summed E-state index contributed by atoms with van der Waals surface area (Å²) in [4.78, 5) is 24.4. The van der Waals surface area contributed by atoms with Crippen LogP contribution in [0, 0.1) is 0 Å². The SMILES string of the molecule is CCCCC/C=C\C/C=C\CCCCCCCC(=O)OCCCCCCCCCCCCCCCCCCCCCCC(=O)NC(CO)C(O)CCCCCCCCCCC. The Balaban J connectivity index is 3.37. The topological polar surface area (TPSA) is 95.9 Å². The molecule has 0 aromatic carbocycles. The average Bonchev–Trinajstić information content (AvgIpc) is 3.26. The fourth-order valence-electron chi connectivity index (χ4n) is 8.32. The number of hydrogen-bond donors (Lipinski definition) is 3. The van der Waals surface area contributed by atoms with E-state index in [1.54, 1.807) is 0 Å². The molecule has 0 spiro atoms. The molecule has 0 heterocycles. The average molecular weight is 860 g/mol. The summed E-state index contributed by atoms with van der Waals surface area (Å²) in [5.74, 6) is -0.0431. The number of carbonyl (C=O) groups is 2. The summed E-state index contributed by atoms with van der Waals surface area (Å²) in [5, 5.41) is 23.1. The Hall–Kier alpha value is -1.66. The van der Waals surface area contributed by atoms with E-state index in [2.05, 4.69) is 43.5 Å². The smallest absolute Gasteiger partial charge is 0.305 e. The van der Waals surface area contributed by atoms with Crippen molar-refractivity contribution in [2.45, 2.75) is 302 Å². The van der Waals surface area contributed by atoms with Crippen molar-refractivity contribution in [3.8, 4) is 0 Å². The second kappa shape index (κ2) is 51.0. The molecule has 0 aromatic rings. The second-order valence-corrected chi connectivity index (χ2v) is 18.6. The number of aliphatic hydroxyl groups excluding tert-OH is 2. The molecule has 61 heavy (non-hydrogen) atoms. The summed E-state index contributed by atoms with van der Waals surface area (Å²) in [6, 6.07) is -0.540. The first-order valence-electron chi connectivity index (χ1n) is 27.1. The summed E-state index contributed by atoms with van der Waals surface area (Å²) in [6.07, 6.45) is 60.2. The quantitative estimate of drug-likeness (QED) is 0.0322. The predicted octanol–water partition coefficient (Wildman–Crippen LogP) is 16.3. The van der Waals surface area contributed by atoms with Crippen molar-refractivity contribution >= 4 is 11.9 Å². The van der Waals surface area contributed by atoms with Crippen LogP contribution in [0.5, 0.6) is 0 Å². The molecule has 3 N–H and O–H groups in total. The lowest BCUT2D eigenvalue weighted by molar-refractivity contribution is -0.143. The minimum absolute atomic E-state index is 0.00368. The molecule has 0 rings (SSSR count). The Labute approximate surface area is 380 Å². The molecule has 6 heteroatoms. The van der Waals surface area contributed by atoms with Gasteiger partial charge in [-0.2, -0.15) is 0 Å². The van der Waals surface area contributed by atoms with Gasteiger partial charge in [0.15, 0.2) is 0 Å². The van der Waals surface area contributed by atoms with Gasteiger partial charge in [0.1, 0.15) is 0 Å². The van der Waals surface area contributed by atoms with Crippen molar-refractivity contribution in [2.75, 3.05) is 13.2 Å². The fraction of sp³-hybridized carbons (Fsp3) is 0.891. The van der Waals surface area contributed by atoms with Crippen molar-refractivity contribution in [1.29, 1.82) is 0 Å². The van der Waals surface area contributed by atoms with Gasteiger partial charge in [0.25, 0.3) is 0 Å². The van der Waals surface area contributed by atoms with Gasteiger partial charge < -0.3 is 20.3 Å². The third-order valence-electron chi connectivity index (χ3n) is 12.5. The molecule has 0 aliphatic rings. The molecule has 0 radical (unpaired) electrons. The van der Waals surface area contributed by atoms with Crippen molar-refractivity contribution < 1.29 is 24.5 Å². The molecule has 1 amide bonds. The Morgan fingerprint density at radius 3 is 1.28 bits per heavy atom. The highest BCUT2D eigenvalue weighted by Crippen LogP contribution is 2.17. The van der Waals surface area contributed by atoms with Crippen LogP contribution in [0.25, 0.3) is 0 Å². The third-order valence-corrected chi connectivity index (χ3v) is 12.5. The summed E-state index contributed by atoms with van der Waals surface area (Å²) >= 11 is 0. The largest absolute Gasteiger partial charge is 0.466 e. The van der Waals surface area contributed by atoms with Gasteiger partial charge in [-0.25, -0.2) is 0 Å². The summed E-state index contributed by atoms with van der Waals surface area (Å²) in [6.45, 7) is 4.90. The zero-order valence-corrected chi connectivity index (χ0v) is 40.9. The number of esters is 1. The van der Waals surface area contributed by atoms with E-state index in [9.17, 15) is 19.8 Å². The van der Waals surface area contributed by atoms with E-state index in [0.717, 1.165) is 51.4 Å². The van der Waals surface area contributed by atoms with Crippen LogP contribution in [-0.2, 0) is 14.3 Å². The van der Waals surface area contributed by atoms with Crippen LogP contribution in [0.3, 0.4) is 0 Å². The molecule has 0 bridgehead atoms. The highest BCUT2D eigenvalue weighted by atomic mass is 16.5. The molecule has 6 nitrogen and oxygen atoms in total. The number of amides is 1. The van der Waals surface area contributed by atoms with Crippen molar-refractivity contribution in [3.05, 3.63) is 24.3 Å². The van der Waals surface area contributed by atoms with E-state index in [1.807, 2.05) is 0 Å². The first-order valence-corrected chi connectivity index (χ1v) is 27.1. The number of allylic oxidation sites excluding steroid dienone is 4. The monoisotopic (exact) mass is 860 g/mol. The summed E-state index contributed by atoms with van der Waals surface area (Å²) in [7, 11) is 0. The highest BCUT2D eigenvalue weighted by Gasteiger charge is 2.20. The maximum atomic E-state index is 12.4. The van der Waals surface area contributed by atoms with Gasteiger partial charge in [-0.05, 0) is 57.8 Å². The molecule has 0 aromatic heterocycles. The van der Waals surface area contributed by atoms with Crippen LogP contribution in [-0.4, -0.2) is 47.4 Å². The zero-order valence-electron chi connectivity index (χ0n) is 40.9. The summed E-state index contributed by atoms with van der Waals surface area (Å²) < 4.78 is 5.47. The molecule has 0 saturated heterocycles. The van der Waals surface area contributed by atoms with E-state index in [-0.39, 0.29) is 18.5 Å². The zero-order chi connectivity index (χ0) is 44.4. The number of ether oxygens (including phenoxy) is 1. The standard InChI is InChI=1S/C55H105NO5/c1-3-5-7-9-11-13-14-15-22-26-29-33-37-41-45-49-55(60)61-50-46-42-38-34-30-27-24-21-19-17-16-18-20-23-25-28-32-36-40-44-48-54(59)56-52(51-57)53(58)47-43-39-35-31-12-10-8-6-4-2/h11,13,15,22,52-53,57-58H,3-10,12,14,16-21,23-51H2,1-2H3,(H,56,59)/b13-11-,22-15-. The van der Waals surface area contributed by atoms with E-state index >= 15 is 0 Å². The number of hydrogen-bond acceptors (Lipinski definition) is 5. The number of unbranched alkanes of at least 4 members (excludes halogenated alkanes) is 35. The molecule has 0 fully saturated rings. The van der Waals surface area contributed by atoms with E-state index in [1.165, 1.54) is 205 Å². The van der Waals surface area contributed by atoms with Crippen molar-refractivity contribution in [2.24, 2.45) is 0 Å². The third kappa shape index (κ3) is 47.7. The molecule has 360 valence electrons. The minimum Gasteiger partial charge on any atom is -0.466 e. The van der Waals surface area contributed by atoms with Gasteiger partial charge in [0.2, 0.25) is 5.91 Å². The minimum atomic E-state index is -0.663. The Morgan fingerprint density at radius 2 is 0.820 bits per heavy atom. The summed E-state index contributed by atoms with van der Waals surface area (Å²) in [5.41, 5.74) is 0.